The summed E-state index contributed by atoms with van der Waals surface area (Å²) in [5, 5.41) is 25.0. The molecular weight excluding hydrogens is 266 g/mol. The highest BCUT2D eigenvalue weighted by molar-refractivity contribution is 5.82. The Hall–Kier alpha value is -1.83. The molecule has 1 rings (SSSR count). The first-order valence-electron chi connectivity index (χ1n) is 6.70. The number of carboxylic acid groups (broad SMARTS) is 1. The molecule has 0 aromatic heterocycles. The number of amides is 3. The van der Waals surface area contributed by atoms with E-state index < -0.39 is 18.0 Å². The third-order valence-electron chi connectivity index (χ3n) is 2.83. The molecule has 5 N–H and O–H groups in total. The number of aliphatic carboxylic acids is 1. The predicted octanol–water partition coefficient (Wildman–Crippen LogP) is -0.820. The minimum Gasteiger partial charge on any atom is -0.480 e. The van der Waals surface area contributed by atoms with Gasteiger partial charge in [-0.3, -0.25) is 4.79 Å². The first kappa shape index (κ1) is 16.2. The zero-order valence-electron chi connectivity index (χ0n) is 11.2. The second kappa shape index (κ2) is 8.36. The number of nitrogens with one attached hydrogen (secondary N) is 3. The van der Waals surface area contributed by atoms with Gasteiger partial charge in [0.15, 0.2) is 0 Å². The van der Waals surface area contributed by atoms with Gasteiger partial charge in [-0.2, -0.15) is 0 Å². The number of carbonyl (C=O) groups is 3. The number of rotatable bonds is 9. The minimum atomic E-state index is -1.20. The molecule has 0 heterocycles. The van der Waals surface area contributed by atoms with Crippen LogP contribution in [0.3, 0.4) is 0 Å². The maximum Gasteiger partial charge on any atom is 0.326 e. The van der Waals surface area contributed by atoms with Crippen LogP contribution in [0.5, 0.6) is 0 Å². The fraction of sp³-hybridized carbons (Fsp3) is 0.750. The molecule has 8 heteroatoms. The first-order chi connectivity index (χ1) is 9.52. The summed E-state index contributed by atoms with van der Waals surface area (Å²) in [6.45, 7) is -0.0338. The fourth-order valence-electron chi connectivity index (χ4n) is 1.57. The van der Waals surface area contributed by atoms with Crippen molar-refractivity contribution in [2.24, 2.45) is 0 Å². The topological polar surface area (TPSA) is 128 Å². The van der Waals surface area contributed by atoms with Crippen molar-refractivity contribution in [1.29, 1.82) is 0 Å². The summed E-state index contributed by atoms with van der Waals surface area (Å²) in [7, 11) is 0. The highest BCUT2D eigenvalue weighted by atomic mass is 16.4. The molecule has 3 amide bonds. The molecule has 0 aromatic carbocycles. The van der Waals surface area contributed by atoms with Gasteiger partial charge < -0.3 is 26.2 Å². The second-order valence-electron chi connectivity index (χ2n) is 4.75. The van der Waals surface area contributed by atoms with E-state index in [4.69, 9.17) is 10.2 Å². The lowest BCUT2D eigenvalue weighted by molar-refractivity contribution is -0.139. The van der Waals surface area contributed by atoms with E-state index in [1.165, 1.54) is 0 Å². The molecule has 0 saturated heterocycles. The number of carboxylic acids is 1. The van der Waals surface area contributed by atoms with Crippen molar-refractivity contribution in [3.05, 3.63) is 0 Å². The summed E-state index contributed by atoms with van der Waals surface area (Å²) in [6.07, 6.45) is 2.84. The van der Waals surface area contributed by atoms with E-state index in [-0.39, 0.29) is 25.5 Å². The van der Waals surface area contributed by atoms with Gasteiger partial charge in [-0.15, -0.1) is 0 Å². The number of urea groups is 1. The fourth-order valence-corrected chi connectivity index (χ4v) is 1.57. The van der Waals surface area contributed by atoms with Crippen LogP contribution >= 0.6 is 0 Å². The Morgan fingerprint density at radius 3 is 2.50 bits per heavy atom. The van der Waals surface area contributed by atoms with E-state index in [0.29, 0.717) is 18.9 Å². The second-order valence-corrected chi connectivity index (χ2v) is 4.75. The molecule has 114 valence electrons. The van der Waals surface area contributed by atoms with Crippen LogP contribution in [0.4, 0.5) is 4.79 Å². The van der Waals surface area contributed by atoms with Crippen molar-refractivity contribution in [2.75, 3.05) is 13.2 Å². The Balaban J connectivity index is 2.08. The Kier molecular flexibility index (Phi) is 6.78. The molecule has 0 spiro atoms. The van der Waals surface area contributed by atoms with Crippen LogP contribution in [0.15, 0.2) is 0 Å². The smallest absolute Gasteiger partial charge is 0.326 e. The quantitative estimate of drug-likeness (QED) is 0.354. The van der Waals surface area contributed by atoms with Crippen molar-refractivity contribution < 1.29 is 24.6 Å². The summed E-state index contributed by atoms with van der Waals surface area (Å²) in [5.74, 6) is -1.23. The summed E-state index contributed by atoms with van der Waals surface area (Å²) in [5.41, 5.74) is 0. The van der Waals surface area contributed by atoms with Crippen molar-refractivity contribution in [1.82, 2.24) is 16.0 Å². The molecule has 1 aliphatic carbocycles. The summed E-state index contributed by atoms with van der Waals surface area (Å²) in [6, 6.07) is -1.40. The van der Waals surface area contributed by atoms with Gasteiger partial charge >= 0.3 is 12.0 Å². The van der Waals surface area contributed by atoms with E-state index in [1.54, 1.807) is 0 Å². The normalized spacial score (nSPS) is 15.2. The molecule has 1 saturated carbocycles. The van der Waals surface area contributed by atoms with E-state index in [9.17, 15) is 14.4 Å². The van der Waals surface area contributed by atoms with E-state index in [2.05, 4.69) is 16.0 Å². The van der Waals surface area contributed by atoms with Crippen LogP contribution in [-0.2, 0) is 9.59 Å². The number of hydrogen-bond donors (Lipinski definition) is 5. The van der Waals surface area contributed by atoms with Crippen LogP contribution in [0, 0.1) is 0 Å². The van der Waals surface area contributed by atoms with E-state index in [1.807, 2.05) is 0 Å². The standard InChI is InChI=1S/C12H21N3O5/c16-7-5-9(11(18)19)15-12(20)13-6-1-2-10(17)14-8-3-4-8/h8-9,16H,1-7H2,(H,14,17)(H,18,19)(H2,13,15,20)/t9-/m1/s1. The number of hydrogen-bond acceptors (Lipinski definition) is 4. The van der Waals surface area contributed by atoms with Gasteiger partial charge in [0.1, 0.15) is 6.04 Å². The van der Waals surface area contributed by atoms with Gasteiger partial charge in [-0.1, -0.05) is 0 Å². The molecule has 8 nitrogen and oxygen atoms in total. The maximum atomic E-state index is 11.4. The number of aliphatic hydroxyl groups excluding tert-OH is 1. The summed E-state index contributed by atoms with van der Waals surface area (Å²) < 4.78 is 0. The Bertz CT molecular complexity index is 357. The first-order valence-corrected chi connectivity index (χ1v) is 6.70. The lowest BCUT2D eigenvalue weighted by Gasteiger charge is -2.13. The molecule has 1 atom stereocenters. The van der Waals surface area contributed by atoms with Gasteiger partial charge in [0.05, 0.1) is 0 Å². The largest absolute Gasteiger partial charge is 0.480 e. The summed E-state index contributed by atoms with van der Waals surface area (Å²) in [4.78, 5) is 33.5. The minimum absolute atomic E-state index is 0.0293. The van der Waals surface area contributed by atoms with Crippen LogP contribution in [-0.4, -0.2) is 53.4 Å². The van der Waals surface area contributed by atoms with E-state index >= 15 is 0 Å². The highest BCUT2D eigenvalue weighted by Gasteiger charge is 2.22. The van der Waals surface area contributed by atoms with Crippen LogP contribution in [0.1, 0.15) is 32.1 Å². The van der Waals surface area contributed by atoms with Gasteiger partial charge in [-0.05, 0) is 19.3 Å². The molecule has 0 radical (unpaired) electrons. The van der Waals surface area contributed by atoms with Gasteiger partial charge in [0, 0.05) is 32.0 Å². The predicted molar refractivity (Wildman–Crippen MR) is 70.1 cm³/mol. The Morgan fingerprint density at radius 2 is 1.95 bits per heavy atom. The molecule has 0 unspecified atom stereocenters. The average Bonchev–Trinajstić information content (AvgIpc) is 3.18. The van der Waals surface area contributed by atoms with E-state index in [0.717, 1.165) is 12.8 Å². The monoisotopic (exact) mass is 287 g/mol. The zero-order chi connectivity index (χ0) is 15.0. The number of aliphatic hydroxyl groups is 1. The molecule has 0 aliphatic heterocycles. The van der Waals surface area contributed by atoms with Crippen LogP contribution in [0.2, 0.25) is 0 Å². The number of carbonyl (C=O) groups excluding carboxylic acids is 2. The third-order valence-corrected chi connectivity index (χ3v) is 2.83. The van der Waals surface area contributed by atoms with Crippen molar-refractivity contribution in [3.63, 3.8) is 0 Å². The lowest BCUT2D eigenvalue weighted by Crippen LogP contribution is -2.46. The lowest BCUT2D eigenvalue weighted by atomic mass is 10.2. The average molecular weight is 287 g/mol. The molecular formula is C12H21N3O5. The molecule has 0 aromatic rings. The summed E-state index contributed by atoms with van der Waals surface area (Å²) >= 11 is 0. The molecule has 1 fully saturated rings. The Labute approximate surface area is 116 Å². The van der Waals surface area contributed by atoms with Gasteiger partial charge in [0.2, 0.25) is 5.91 Å². The maximum absolute atomic E-state index is 11.4. The van der Waals surface area contributed by atoms with Crippen molar-refractivity contribution >= 4 is 17.9 Å². The molecule has 0 bridgehead atoms. The van der Waals surface area contributed by atoms with Crippen LogP contribution < -0.4 is 16.0 Å². The third kappa shape index (κ3) is 6.93. The van der Waals surface area contributed by atoms with Crippen LogP contribution in [0.25, 0.3) is 0 Å². The van der Waals surface area contributed by atoms with Crippen molar-refractivity contribution in [2.45, 2.75) is 44.2 Å². The SMILES string of the molecule is O=C(CCCNC(=O)N[C@H](CCO)C(=O)O)NC1CC1. The molecule has 1 aliphatic rings. The molecule has 20 heavy (non-hydrogen) atoms. The Morgan fingerprint density at radius 1 is 1.25 bits per heavy atom. The zero-order valence-corrected chi connectivity index (χ0v) is 11.2. The highest BCUT2D eigenvalue weighted by Crippen LogP contribution is 2.18. The van der Waals surface area contributed by atoms with Crippen molar-refractivity contribution in [3.8, 4) is 0 Å². The van der Waals surface area contributed by atoms with Gasteiger partial charge in [-0.25, -0.2) is 9.59 Å². The van der Waals surface area contributed by atoms with Gasteiger partial charge in [0.25, 0.3) is 0 Å².